The molecule has 0 fully saturated rings. The predicted octanol–water partition coefficient (Wildman–Crippen LogP) is 5.20. The van der Waals surface area contributed by atoms with Crippen LogP contribution in [0, 0.1) is 13.8 Å². The van der Waals surface area contributed by atoms with E-state index in [1.165, 1.54) is 16.5 Å². The Balaban J connectivity index is 0.00000288. The summed E-state index contributed by atoms with van der Waals surface area (Å²) in [6.45, 7) is 18.5. The van der Waals surface area contributed by atoms with Crippen molar-refractivity contribution in [2.24, 2.45) is 0 Å². The zero-order valence-electron chi connectivity index (χ0n) is 16.1. The number of para-hydroxylation sites is 1. The SMILES string of the molecule is CCN(CC)CC(c1cccc2c(C)c(C)oc12)N(CC)CC.Cl. The molecule has 2 aromatic rings. The number of nitrogens with zero attached hydrogens (tertiary/aromatic N) is 2. The lowest BCUT2D eigenvalue weighted by atomic mass is 10.0. The number of benzene rings is 1. The molecule has 0 radical (unpaired) electrons. The van der Waals surface area contributed by atoms with E-state index in [0.717, 1.165) is 44.1 Å². The van der Waals surface area contributed by atoms with Crippen LogP contribution in [-0.2, 0) is 0 Å². The Morgan fingerprint density at radius 1 is 0.958 bits per heavy atom. The van der Waals surface area contributed by atoms with Gasteiger partial charge in [-0.25, -0.2) is 0 Å². The summed E-state index contributed by atoms with van der Waals surface area (Å²) in [5.41, 5.74) is 3.67. The molecule has 3 nitrogen and oxygen atoms in total. The summed E-state index contributed by atoms with van der Waals surface area (Å²) >= 11 is 0. The summed E-state index contributed by atoms with van der Waals surface area (Å²) in [7, 11) is 0. The summed E-state index contributed by atoms with van der Waals surface area (Å²) in [6.07, 6.45) is 0. The first-order chi connectivity index (χ1) is 11.1. The number of fused-ring (bicyclic) bond motifs is 1. The fourth-order valence-electron chi connectivity index (χ4n) is 3.45. The third-order valence-electron chi connectivity index (χ3n) is 5.17. The predicted molar refractivity (Wildman–Crippen MR) is 106 cm³/mol. The number of aryl methyl sites for hydroxylation is 2. The number of rotatable bonds is 8. The van der Waals surface area contributed by atoms with E-state index in [9.17, 15) is 0 Å². The maximum absolute atomic E-state index is 6.15. The van der Waals surface area contributed by atoms with E-state index in [-0.39, 0.29) is 12.4 Å². The van der Waals surface area contributed by atoms with Gasteiger partial charge in [0.1, 0.15) is 11.3 Å². The molecule has 0 bridgehead atoms. The van der Waals surface area contributed by atoms with Gasteiger partial charge in [-0.15, -0.1) is 12.4 Å². The van der Waals surface area contributed by atoms with E-state index in [1.807, 2.05) is 0 Å². The van der Waals surface area contributed by atoms with Crippen LogP contribution in [0.2, 0.25) is 0 Å². The van der Waals surface area contributed by atoms with Gasteiger partial charge in [0.15, 0.2) is 0 Å². The molecule has 0 aliphatic carbocycles. The lowest BCUT2D eigenvalue weighted by molar-refractivity contribution is 0.156. The highest BCUT2D eigenvalue weighted by Crippen LogP contribution is 2.33. The maximum atomic E-state index is 6.15. The Kier molecular flexibility index (Phi) is 8.28. The summed E-state index contributed by atoms with van der Waals surface area (Å²) in [5.74, 6) is 1.04. The van der Waals surface area contributed by atoms with Gasteiger partial charge in [-0.1, -0.05) is 45.9 Å². The molecule has 1 aromatic heterocycles. The van der Waals surface area contributed by atoms with Gasteiger partial charge < -0.3 is 9.32 Å². The molecule has 0 N–H and O–H groups in total. The molecule has 0 spiro atoms. The highest BCUT2D eigenvalue weighted by molar-refractivity contribution is 5.85. The Morgan fingerprint density at radius 3 is 2.12 bits per heavy atom. The molecule has 2 rings (SSSR count). The van der Waals surface area contributed by atoms with Crippen molar-refractivity contribution < 1.29 is 4.42 Å². The normalized spacial score (nSPS) is 12.8. The first-order valence-corrected chi connectivity index (χ1v) is 9.02. The molecule has 0 aliphatic rings. The number of halogens is 1. The molecule has 1 heterocycles. The minimum atomic E-state index is 0. The molecular weight excluding hydrogens is 320 g/mol. The van der Waals surface area contributed by atoms with Crippen LogP contribution in [0.25, 0.3) is 11.0 Å². The second kappa shape index (κ2) is 9.45. The fourth-order valence-corrected chi connectivity index (χ4v) is 3.45. The van der Waals surface area contributed by atoms with Crippen LogP contribution in [0.1, 0.15) is 50.6 Å². The second-order valence-corrected chi connectivity index (χ2v) is 6.23. The lowest BCUT2D eigenvalue weighted by Gasteiger charge is -2.34. The number of likely N-dealkylation sites (N-methyl/N-ethyl adjacent to an activating group) is 2. The molecule has 0 amide bonds. The minimum Gasteiger partial charge on any atom is -0.461 e. The maximum Gasteiger partial charge on any atom is 0.139 e. The lowest BCUT2D eigenvalue weighted by Crippen LogP contribution is -2.38. The number of hydrogen-bond acceptors (Lipinski definition) is 3. The van der Waals surface area contributed by atoms with Gasteiger partial charge in [0.25, 0.3) is 0 Å². The zero-order chi connectivity index (χ0) is 17.0. The highest BCUT2D eigenvalue weighted by Gasteiger charge is 2.24. The Bertz CT molecular complexity index is 630. The summed E-state index contributed by atoms with van der Waals surface area (Å²) in [4.78, 5) is 5.05. The molecule has 136 valence electrons. The second-order valence-electron chi connectivity index (χ2n) is 6.23. The number of hydrogen-bond donors (Lipinski definition) is 0. The summed E-state index contributed by atoms with van der Waals surface area (Å²) in [5, 5.41) is 1.26. The average Bonchev–Trinajstić information content (AvgIpc) is 2.87. The van der Waals surface area contributed by atoms with Gasteiger partial charge in [0.2, 0.25) is 0 Å². The third-order valence-corrected chi connectivity index (χ3v) is 5.17. The van der Waals surface area contributed by atoms with Crippen LogP contribution in [-0.4, -0.2) is 42.5 Å². The Hall–Kier alpha value is -1.03. The minimum absolute atomic E-state index is 0. The van der Waals surface area contributed by atoms with Crippen LogP contribution in [0.5, 0.6) is 0 Å². The van der Waals surface area contributed by atoms with Crippen LogP contribution in [0.4, 0.5) is 0 Å². The standard InChI is InChI=1S/C20H32N2O.ClH/c1-7-21(8-2)14-19(22(9-3)10-4)18-13-11-12-17-15(5)16(6)23-20(17)18;/h11-13,19H,7-10,14H2,1-6H3;1H. The quantitative estimate of drug-likeness (QED) is 0.651. The van der Waals surface area contributed by atoms with Crippen molar-refractivity contribution in [1.82, 2.24) is 9.80 Å². The molecule has 0 aliphatic heterocycles. The van der Waals surface area contributed by atoms with Crippen molar-refractivity contribution in [2.45, 2.75) is 47.6 Å². The molecule has 1 aromatic carbocycles. The van der Waals surface area contributed by atoms with Crippen LogP contribution in [0.15, 0.2) is 22.6 Å². The molecule has 0 saturated carbocycles. The first kappa shape index (κ1) is 21.0. The van der Waals surface area contributed by atoms with Crippen molar-refractivity contribution in [3.8, 4) is 0 Å². The number of furan rings is 1. The van der Waals surface area contributed by atoms with Gasteiger partial charge in [-0.3, -0.25) is 4.90 Å². The zero-order valence-corrected chi connectivity index (χ0v) is 16.9. The third kappa shape index (κ3) is 4.14. The highest BCUT2D eigenvalue weighted by atomic mass is 35.5. The van der Waals surface area contributed by atoms with Gasteiger partial charge in [0.05, 0.1) is 6.04 Å². The topological polar surface area (TPSA) is 19.6 Å². The van der Waals surface area contributed by atoms with Gasteiger partial charge in [0, 0.05) is 17.5 Å². The van der Waals surface area contributed by atoms with Crippen LogP contribution < -0.4 is 0 Å². The molecule has 1 atom stereocenters. The Labute approximate surface area is 153 Å². The first-order valence-electron chi connectivity index (χ1n) is 9.02. The molecule has 1 unspecified atom stereocenters. The van der Waals surface area contributed by atoms with Gasteiger partial charge in [-0.2, -0.15) is 0 Å². The Morgan fingerprint density at radius 2 is 1.58 bits per heavy atom. The van der Waals surface area contributed by atoms with E-state index in [4.69, 9.17) is 4.42 Å². The largest absolute Gasteiger partial charge is 0.461 e. The van der Waals surface area contributed by atoms with Crippen LogP contribution >= 0.6 is 12.4 Å². The summed E-state index contributed by atoms with van der Waals surface area (Å²) < 4.78 is 6.15. The smallest absolute Gasteiger partial charge is 0.139 e. The molecule has 0 saturated heterocycles. The van der Waals surface area contributed by atoms with E-state index < -0.39 is 0 Å². The summed E-state index contributed by atoms with van der Waals surface area (Å²) in [6, 6.07) is 6.98. The van der Waals surface area contributed by atoms with Gasteiger partial charge in [-0.05, 0) is 45.6 Å². The van der Waals surface area contributed by atoms with Crippen molar-refractivity contribution in [2.75, 3.05) is 32.7 Å². The van der Waals surface area contributed by atoms with Gasteiger partial charge >= 0.3 is 0 Å². The van der Waals surface area contributed by atoms with E-state index in [1.54, 1.807) is 0 Å². The molecule has 4 heteroatoms. The molecule has 24 heavy (non-hydrogen) atoms. The monoisotopic (exact) mass is 352 g/mol. The van der Waals surface area contributed by atoms with E-state index in [0.29, 0.717) is 6.04 Å². The van der Waals surface area contributed by atoms with Crippen molar-refractivity contribution >= 4 is 23.4 Å². The fraction of sp³-hybridized carbons (Fsp3) is 0.600. The van der Waals surface area contributed by atoms with Crippen molar-refractivity contribution in [3.63, 3.8) is 0 Å². The van der Waals surface area contributed by atoms with E-state index >= 15 is 0 Å². The van der Waals surface area contributed by atoms with Crippen LogP contribution in [0.3, 0.4) is 0 Å². The molecular formula is C20H33ClN2O. The van der Waals surface area contributed by atoms with Crippen molar-refractivity contribution in [1.29, 1.82) is 0 Å². The average molecular weight is 353 g/mol. The van der Waals surface area contributed by atoms with E-state index in [2.05, 4.69) is 69.5 Å². The van der Waals surface area contributed by atoms with Crippen molar-refractivity contribution in [3.05, 3.63) is 35.1 Å².